The number of aliphatic hydroxyl groups is 1. The van der Waals surface area contributed by atoms with Gasteiger partial charge >= 0.3 is 0 Å². The zero-order chi connectivity index (χ0) is 23.4. The molecule has 3 amide bonds. The number of nitrogens with two attached hydrogens (primary N) is 1. The molecule has 1 fully saturated rings. The van der Waals surface area contributed by atoms with Gasteiger partial charge in [-0.25, -0.2) is 0 Å². The van der Waals surface area contributed by atoms with Crippen molar-refractivity contribution in [2.75, 3.05) is 6.54 Å². The summed E-state index contributed by atoms with van der Waals surface area (Å²) in [6, 6.07) is 18.6. The molecule has 1 unspecified atom stereocenters. The topological polar surface area (TPSA) is 113 Å². The van der Waals surface area contributed by atoms with Gasteiger partial charge in [0.05, 0.1) is 12.1 Å². The van der Waals surface area contributed by atoms with Crippen LogP contribution in [-0.4, -0.2) is 46.4 Å². The standard InChI is InChI=1S/C26H29N3O4/c27-24(31)22(15-17-7-3-1-4-8-17)29-16-21(23(30)26(29)33)25(32)28-20-13-11-19(12-14-20)18-9-5-2-6-10-18/h1-10,19-20,22,30H,11-16H2,(H2,27,31)(H,28,32). The lowest BCUT2D eigenvalue weighted by Crippen LogP contribution is -2.48. The number of nitrogens with zero attached hydrogens (tertiary/aromatic N) is 1. The van der Waals surface area contributed by atoms with Gasteiger partial charge < -0.3 is 21.1 Å². The molecule has 33 heavy (non-hydrogen) atoms. The van der Waals surface area contributed by atoms with Gasteiger partial charge in [-0.1, -0.05) is 60.7 Å². The summed E-state index contributed by atoms with van der Waals surface area (Å²) in [5.74, 6) is -2.02. The summed E-state index contributed by atoms with van der Waals surface area (Å²) in [4.78, 5) is 38.9. The first-order valence-electron chi connectivity index (χ1n) is 11.4. The number of nitrogens with one attached hydrogen (secondary N) is 1. The molecule has 0 bridgehead atoms. The van der Waals surface area contributed by atoms with E-state index in [2.05, 4.69) is 17.4 Å². The Bertz CT molecular complexity index is 1040. The molecule has 0 saturated heterocycles. The van der Waals surface area contributed by atoms with Gasteiger partial charge in [-0.2, -0.15) is 0 Å². The van der Waals surface area contributed by atoms with Crippen LogP contribution in [0.3, 0.4) is 0 Å². The summed E-state index contributed by atoms with van der Waals surface area (Å²) < 4.78 is 0. The smallest absolute Gasteiger partial charge is 0.290 e. The average molecular weight is 448 g/mol. The maximum Gasteiger partial charge on any atom is 0.290 e. The second-order valence-corrected chi connectivity index (χ2v) is 8.80. The lowest BCUT2D eigenvalue weighted by atomic mass is 9.82. The first kappa shape index (κ1) is 22.6. The third kappa shape index (κ3) is 5.08. The van der Waals surface area contributed by atoms with Crippen LogP contribution in [-0.2, 0) is 20.8 Å². The van der Waals surface area contributed by atoms with E-state index in [0.717, 1.165) is 31.2 Å². The highest BCUT2D eigenvalue weighted by atomic mass is 16.3. The molecule has 0 spiro atoms. The van der Waals surface area contributed by atoms with Crippen LogP contribution in [0.2, 0.25) is 0 Å². The lowest BCUT2D eigenvalue weighted by molar-refractivity contribution is -0.136. The van der Waals surface area contributed by atoms with Crippen LogP contribution in [0.4, 0.5) is 0 Å². The van der Waals surface area contributed by atoms with Gasteiger partial charge in [0.2, 0.25) is 5.91 Å². The SMILES string of the molecule is NC(=O)C(Cc1ccccc1)N1CC(C(=O)NC2CCC(c3ccccc3)CC2)=C(O)C1=O. The summed E-state index contributed by atoms with van der Waals surface area (Å²) in [6.07, 6.45) is 3.80. The van der Waals surface area contributed by atoms with Crippen molar-refractivity contribution >= 4 is 17.7 Å². The quantitative estimate of drug-likeness (QED) is 0.605. The van der Waals surface area contributed by atoms with Gasteiger partial charge in [0.25, 0.3) is 11.8 Å². The van der Waals surface area contributed by atoms with Gasteiger partial charge in [-0.15, -0.1) is 0 Å². The number of hydrogen-bond donors (Lipinski definition) is 3. The van der Waals surface area contributed by atoms with Crippen LogP contribution in [0.25, 0.3) is 0 Å². The highest BCUT2D eigenvalue weighted by Crippen LogP contribution is 2.33. The van der Waals surface area contributed by atoms with Crippen molar-refractivity contribution in [3.8, 4) is 0 Å². The first-order chi connectivity index (χ1) is 15.9. The van der Waals surface area contributed by atoms with Gasteiger partial charge in [-0.05, 0) is 42.7 Å². The van der Waals surface area contributed by atoms with Crippen molar-refractivity contribution in [2.24, 2.45) is 5.73 Å². The second kappa shape index (κ2) is 9.90. The third-order valence-corrected chi connectivity index (χ3v) is 6.66. The van der Waals surface area contributed by atoms with Crippen LogP contribution in [0.1, 0.15) is 42.7 Å². The lowest BCUT2D eigenvalue weighted by Gasteiger charge is -2.29. The fourth-order valence-electron chi connectivity index (χ4n) is 4.78. The largest absolute Gasteiger partial charge is 0.503 e. The molecule has 1 heterocycles. The summed E-state index contributed by atoms with van der Waals surface area (Å²) in [6.45, 7) is -0.143. The molecular weight excluding hydrogens is 418 g/mol. The van der Waals surface area contributed by atoms with Crippen LogP contribution < -0.4 is 11.1 Å². The Morgan fingerprint density at radius 1 is 1.00 bits per heavy atom. The Morgan fingerprint density at radius 3 is 2.21 bits per heavy atom. The van der Waals surface area contributed by atoms with Gasteiger partial charge in [-0.3, -0.25) is 14.4 Å². The van der Waals surface area contributed by atoms with Crippen LogP contribution >= 0.6 is 0 Å². The average Bonchev–Trinajstić information content (AvgIpc) is 3.13. The van der Waals surface area contributed by atoms with Crippen LogP contribution in [0.5, 0.6) is 0 Å². The normalized spacial score (nSPS) is 21.7. The summed E-state index contributed by atoms with van der Waals surface area (Å²) in [5, 5.41) is 13.4. The molecule has 2 aliphatic rings. The minimum atomic E-state index is -0.950. The van der Waals surface area contributed by atoms with Gasteiger partial charge in [0.15, 0.2) is 5.76 Å². The number of rotatable bonds is 7. The second-order valence-electron chi connectivity index (χ2n) is 8.80. The summed E-state index contributed by atoms with van der Waals surface area (Å²) in [7, 11) is 0. The fourth-order valence-corrected chi connectivity index (χ4v) is 4.78. The number of amides is 3. The predicted molar refractivity (Wildman–Crippen MR) is 124 cm³/mol. The van der Waals surface area contributed by atoms with E-state index in [1.807, 2.05) is 48.5 Å². The Kier molecular flexibility index (Phi) is 6.77. The molecule has 1 aliphatic carbocycles. The molecule has 7 nitrogen and oxygen atoms in total. The van der Waals surface area contributed by atoms with Crippen molar-refractivity contribution in [3.63, 3.8) is 0 Å². The molecule has 4 N–H and O–H groups in total. The highest BCUT2D eigenvalue weighted by molar-refractivity contribution is 6.08. The van der Waals surface area contributed by atoms with E-state index in [-0.39, 0.29) is 24.6 Å². The number of hydrogen-bond acceptors (Lipinski definition) is 4. The minimum Gasteiger partial charge on any atom is -0.503 e. The Morgan fingerprint density at radius 2 is 1.61 bits per heavy atom. The predicted octanol–water partition coefficient (Wildman–Crippen LogP) is 2.58. The Labute approximate surface area is 193 Å². The molecule has 1 aliphatic heterocycles. The monoisotopic (exact) mass is 447 g/mol. The van der Waals surface area contributed by atoms with E-state index in [1.54, 1.807) is 0 Å². The fraction of sp³-hybridized carbons (Fsp3) is 0.346. The van der Waals surface area contributed by atoms with E-state index in [9.17, 15) is 19.5 Å². The zero-order valence-electron chi connectivity index (χ0n) is 18.4. The van der Waals surface area contributed by atoms with Crippen molar-refractivity contribution < 1.29 is 19.5 Å². The van der Waals surface area contributed by atoms with E-state index >= 15 is 0 Å². The molecule has 4 rings (SSSR count). The minimum absolute atomic E-state index is 0.00973. The number of aliphatic hydroxyl groups excluding tert-OH is 1. The number of carbonyl (C=O) groups is 3. The number of primary amides is 1. The van der Waals surface area contributed by atoms with Crippen molar-refractivity contribution in [2.45, 2.75) is 50.1 Å². The van der Waals surface area contributed by atoms with Crippen molar-refractivity contribution in [3.05, 3.63) is 83.1 Å². The number of carbonyl (C=O) groups excluding carboxylic acids is 3. The number of benzene rings is 2. The molecule has 1 saturated carbocycles. The summed E-state index contributed by atoms with van der Waals surface area (Å²) >= 11 is 0. The zero-order valence-corrected chi connectivity index (χ0v) is 18.4. The molecule has 0 aromatic heterocycles. The van der Waals surface area contributed by atoms with E-state index < -0.39 is 29.5 Å². The highest BCUT2D eigenvalue weighted by Gasteiger charge is 2.40. The summed E-state index contributed by atoms with van der Waals surface area (Å²) in [5.41, 5.74) is 7.71. The maximum absolute atomic E-state index is 12.9. The molecule has 0 radical (unpaired) electrons. The van der Waals surface area contributed by atoms with Gasteiger partial charge in [0.1, 0.15) is 6.04 Å². The molecule has 172 valence electrons. The molecule has 7 heteroatoms. The molecule has 1 atom stereocenters. The molecule has 2 aromatic rings. The Hall–Kier alpha value is -3.61. The van der Waals surface area contributed by atoms with E-state index in [1.165, 1.54) is 10.5 Å². The van der Waals surface area contributed by atoms with Crippen molar-refractivity contribution in [1.82, 2.24) is 10.2 Å². The van der Waals surface area contributed by atoms with Gasteiger partial charge in [0, 0.05) is 12.5 Å². The third-order valence-electron chi connectivity index (χ3n) is 6.66. The van der Waals surface area contributed by atoms with Crippen molar-refractivity contribution in [1.29, 1.82) is 0 Å². The van der Waals surface area contributed by atoms with E-state index in [4.69, 9.17) is 5.73 Å². The van der Waals surface area contributed by atoms with E-state index in [0.29, 0.717) is 5.92 Å². The Balaban J connectivity index is 1.37. The molecular formula is C26H29N3O4. The van der Waals surface area contributed by atoms with Crippen LogP contribution in [0.15, 0.2) is 72.0 Å². The first-order valence-corrected chi connectivity index (χ1v) is 11.4. The maximum atomic E-state index is 12.9. The molecule has 2 aromatic carbocycles. The van der Waals surface area contributed by atoms with Crippen LogP contribution in [0, 0.1) is 0 Å².